The van der Waals surface area contributed by atoms with E-state index in [1.807, 2.05) is 18.2 Å². The van der Waals surface area contributed by atoms with Crippen molar-refractivity contribution in [3.05, 3.63) is 42.5 Å². The molecule has 7 nitrogen and oxygen atoms in total. The second kappa shape index (κ2) is 6.21. The van der Waals surface area contributed by atoms with E-state index in [9.17, 15) is 0 Å². The van der Waals surface area contributed by atoms with Gasteiger partial charge in [0.2, 0.25) is 5.95 Å². The number of nitrogens with zero attached hydrogens (tertiary/aromatic N) is 4. The summed E-state index contributed by atoms with van der Waals surface area (Å²) in [5.74, 6) is 1.91. The van der Waals surface area contributed by atoms with Gasteiger partial charge in [-0.2, -0.15) is 0 Å². The Morgan fingerprint density at radius 3 is 2.68 bits per heavy atom. The molecule has 0 aliphatic carbocycles. The Balaban J connectivity index is 1.76. The van der Waals surface area contributed by atoms with Gasteiger partial charge in [0.15, 0.2) is 11.5 Å². The Labute approximate surface area is 127 Å². The summed E-state index contributed by atoms with van der Waals surface area (Å²) in [4.78, 5) is 16.6. The smallest absolute Gasteiger partial charge is 0.223 e. The normalized spacial score (nSPS) is 10.5. The maximum atomic E-state index is 5.29. The predicted octanol–water partition coefficient (Wildman–Crippen LogP) is 2.05. The molecule has 7 heteroatoms. The Hall–Kier alpha value is -2.96. The van der Waals surface area contributed by atoms with Gasteiger partial charge < -0.3 is 14.8 Å². The van der Waals surface area contributed by atoms with Gasteiger partial charge in [0, 0.05) is 6.54 Å². The molecule has 1 aromatic carbocycles. The first-order chi connectivity index (χ1) is 10.8. The monoisotopic (exact) mass is 297 g/mol. The number of benzene rings is 1. The number of methoxy groups -OCH3 is 2. The van der Waals surface area contributed by atoms with E-state index in [1.165, 1.54) is 6.33 Å². The molecule has 0 unspecified atom stereocenters. The molecule has 0 radical (unpaired) electrons. The number of ether oxygens (including phenoxy) is 2. The fraction of sp³-hybridized carbons (Fsp3) is 0.200. The van der Waals surface area contributed by atoms with Crippen LogP contribution in [-0.4, -0.2) is 34.2 Å². The second-order valence-electron chi connectivity index (χ2n) is 4.53. The summed E-state index contributed by atoms with van der Waals surface area (Å²) in [6, 6.07) is 5.74. The highest BCUT2D eigenvalue weighted by molar-refractivity contribution is 5.72. The molecule has 3 rings (SSSR count). The van der Waals surface area contributed by atoms with Crippen LogP contribution in [0.5, 0.6) is 11.5 Å². The first-order valence-corrected chi connectivity index (χ1v) is 6.67. The number of hydrogen-bond acceptors (Lipinski definition) is 7. The van der Waals surface area contributed by atoms with Gasteiger partial charge in [0.1, 0.15) is 17.4 Å². The first kappa shape index (κ1) is 14.0. The Morgan fingerprint density at radius 2 is 1.86 bits per heavy atom. The maximum Gasteiger partial charge on any atom is 0.223 e. The SMILES string of the molecule is COc1ccc(CNc2ncc3ncncc3n2)cc1OC. The molecular weight excluding hydrogens is 282 g/mol. The van der Waals surface area contributed by atoms with Crippen molar-refractivity contribution >= 4 is 17.0 Å². The third-order valence-electron chi connectivity index (χ3n) is 3.16. The van der Waals surface area contributed by atoms with Crippen LogP contribution in [0.3, 0.4) is 0 Å². The molecular formula is C15H15N5O2. The summed E-state index contributed by atoms with van der Waals surface area (Å²) in [6.07, 6.45) is 4.80. The lowest BCUT2D eigenvalue weighted by molar-refractivity contribution is 0.354. The average molecular weight is 297 g/mol. The van der Waals surface area contributed by atoms with E-state index in [0.29, 0.717) is 35.0 Å². The van der Waals surface area contributed by atoms with Crippen LogP contribution in [-0.2, 0) is 6.54 Å². The van der Waals surface area contributed by atoms with Crippen molar-refractivity contribution in [3.63, 3.8) is 0 Å². The van der Waals surface area contributed by atoms with Crippen molar-refractivity contribution in [2.75, 3.05) is 19.5 Å². The summed E-state index contributed by atoms with van der Waals surface area (Å²) in [5, 5.41) is 3.17. The van der Waals surface area contributed by atoms with Gasteiger partial charge >= 0.3 is 0 Å². The minimum atomic E-state index is 0.525. The van der Waals surface area contributed by atoms with Crippen molar-refractivity contribution in [3.8, 4) is 11.5 Å². The van der Waals surface area contributed by atoms with Crippen LogP contribution >= 0.6 is 0 Å². The van der Waals surface area contributed by atoms with Crippen LogP contribution in [0.2, 0.25) is 0 Å². The molecule has 0 amide bonds. The summed E-state index contributed by atoms with van der Waals surface area (Å²) in [5.41, 5.74) is 2.45. The molecule has 0 aliphatic heterocycles. The lowest BCUT2D eigenvalue weighted by Gasteiger charge is -2.10. The zero-order valence-electron chi connectivity index (χ0n) is 12.3. The van der Waals surface area contributed by atoms with Crippen molar-refractivity contribution in [1.29, 1.82) is 0 Å². The fourth-order valence-electron chi connectivity index (χ4n) is 2.04. The number of nitrogens with one attached hydrogen (secondary N) is 1. The first-order valence-electron chi connectivity index (χ1n) is 6.67. The minimum Gasteiger partial charge on any atom is -0.493 e. The molecule has 0 fully saturated rings. The Bertz CT molecular complexity index is 794. The van der Waals surface area contributed by atoms with Crippen molar-refractivity contribution < 1.29 is 9.47 Å². The quantitative estimate of drug-likeness (QED) is 0.771. The van der Waals surface area contributed by atoms with E-state index in [-0.39, 0.29) is 0 Å². The minimum absolute atomic E-state index is 0.525. The number of aromatic nitrogens is 4. The lowest BCUT2D eigenvalue weighted by atomic mass is 10.2. The highest BCUT2D eigenvalue weighted by Crippen LogP contribution is 2.27. The highest BCUT2D eigenvalue weighted by Gasteiger charge is 2.05. The van der Waals surface area contributed by atoms with E-state index in [1.54, 1.807) is 26.6 Å². The second-order valence-corrected chi connectivity index (χ2v) is 4.53. The third kappa shape index (κ3) is 2.88. The molecule has 2 aromatic heterocycles. The molecule has 112 valence electrons. The summed E-state index contributed by atoms with van der Waals surface area (Å²) in [6.45, 7) is 0.569. The maximum absolute atomic E-state index is 5.29. The van der Waals surface area contributed by atoms with E-state index >= 15 is 0 Å². The van der Waals surface area contributed by atoms with Gasteiger partial charge in [0.05, 0.1) is 26.6 Å². The van der Waals surface area contributed by atoms with Gasteiger partial charge in [-0.25, -0.2) is 19.9 Å². The van der Waals surface area contributed by atoms with Gasteiger partial charge in [0.25, 0.3) is 0 Å². The number of hydrogen-bond donors (Lipinski definition) is 1. The molecule has 3 aromatic rings. The Kier molecular flexibility index (Phi) is 3.95. The summed E-state index contributed by atoms with van der Waals surface area (Å²) < 4.78 is 10.5. The molecule has 0 spiro atoms. The fourth-order valence-corrected chi connectivity index (χ4v) is 2.04. The summed E-state index contributed by atoms with van der Waals surface area (Å²) >= 11 is 0. The molecule has 0 bridgehead atoms. The number of rotatable bonds is 5. The predicted molar refractivity (Wildman–Crippen MR) is 82.0 cm³/mol. The molecule has 0 saturated carbocycles. The zero-order valence-corrected chi connectivity index (χ0v) is 12.3. The number of fused-ring (bicyclic) bond motifs is 1. The third-order valence-corrected chi connectivity index (χ3v) is 3.16. The topological polar surface area (TPSA) is 82.0 Å². The molecule has 2 heterocycles. The van der Waals surface area contributed by atoms with Gasteiger partial charge in [-0.05, 0) is 17.7 Å². The van der Waals surface area contributed by atoms with Crippen molar-refractivity contribution in [2.24, 2.45) is 0 Å². The standard InChI is InChI=1S/C15H15N5O2/c1-21-13-4-3-10(5-14(13)22-2)6-17-15-18-8-11-12(20-15)7-16-9-19-11/h3-5,7-9H,6H2,1-2H3,(H,17,18,20). The van der Waals surface area contributed by atoms with Crippen molar-refractivity contribution in [1.82, 2.24) is 19.9 Å². The van der Waals surface area contributed by atoms with E-state index in [0.717, 1.165) is 5.56 Å². The highest BCUT2D eigenvalue weighted by atomic mass is 16.5. The van der Waals surface area contributed by atoms with Gasteiger partial charge in [-0.3, -0.25) is 0 Å². The van der Waals surface area contributed by atoms with Crippen LogP contribution in [0, 0.1) is 0 Å². The molecule has 0 atom stereocenters. The van der Waals surface area contributed by atoms with Crippen molar-refractivity contribution in [2.45, 2.75) is 6.54 Å². The number of anilines is 1. The molecule has 0 saturated heterocycles. The van der Waals surface area contributed by atoms with Gasteiger partial charge in [-0.1, -0.05) is 6.07 Å². The lowest BCUT2D eigenvalue weighted by Crippen LogP contribution is -2.04. The molecule has 22 heavy (non-hydrogen) atoms. The zero-order chi connectivity index (χ0) is 15.4. The summed E-state index contributed by atoms with van der Waals surface area (Å²) in [7, 11) is 3.22. The van der Waals surface area contributed by atoms with Gasteiger partial charge in [-0.15, -0.1) is 0 Å². The van der Waals surface area contributed by atoms with E-state index in [2.05, 4.69) is 25.3 Å². The van der Waals surface area contributed by atoms with Crippen LogP contribution in [0.15, 0.2) is 36.9 Å². The van der Waals surface area contributed by atoms with Crippen LogP contribution in [0.25, 0.3) is 11.0 Å². The van der Waals surface area contributed by atoms with E-state index < -0.39 is 0 Å². The van der Waals surface area contributed by atoms with Crippen LogP contribution < -0.4 is 14.8 Å². The van der Waals surface area contributed by atoms with E-state index in [4.69, 9.17) is 9.47 Å². The van der Waals surface area contributed by atoms with Crippen LogP contribution in [0.4, 0.5) is 5.95 Å². The largest absolute Gasteiger partial charge is 0.493 e. The molecule has 0 aliphatic rings. The van der Waals surface area contributed by atoms with Crippen LogP contribution in [0.1, 0.15) is 5.56 Å². The Morgan fingerprint density at radius 1 is 1.00 bits per heavy atom. The molecule has 1 N–H and O–H groups in total. The average Bonchev–Trinajstić information content (AvgIpc) is 2.59.